The van der Waals surface area contributed by atoms with E-state index < -0.39 is 11.7 Å². The number of nitrogens with one attached hydrogen (secondary N) is 1. The topological polar surface area (TPSA) is 54.5 Å². The second-order valence-electron chi connectivity index (χ2n) is 5.82. The SMILES string of the molecule is CN1CCc2sc(CNC(=O)OC(C)(C)C)nc2C1. The summed E-state index contributed by atoms with van der Waals surface area (Å²) in [5.41, 5.74) is 0.689. The van der Waals surface area contributed by atoms with Gasteiger partial charge in [-0.25, -0.2) is 9.78 Å². The number of nitrogens with zero attached hydrogens (tertiary/aromatic N) is 2. The summed E-state index contributed by atoms with van der Waals surface area (Å²) in [6.45, 7) is 7.97. The lowest BCUT2D eigenvalue weighted by molar-refractivity contribution is 0.0523. The molecule has 2 heterocycles. The summed E-state index contributed by atoms with van der Waals surface area (Å²) in [4.78, 5) is 19.7. The number of ether oxygens (including phenoxy) is 1. The van der Waals surface area contributed by atoms with Crippen LogP contribution in [-0.4, -0.2) is 35.2 Å². The average molecular weight is 283 g/mol. The van der Waals surface area contributed by atoms with E-state index >= 15 is 0 Å². The molecule has 1 aromatic heterocycles. The molecule has 2 rings (SSSR count). The van der Waals surface area contributed by atoms with Crippen molar-refractivity contribution in [2.75, 3.05) is 13.6 Å². The third-order valence-corrected chi connectivity index (χ3v) is 3.90. The molecule has 0 radical (unpaired) electrons. The highest BCUT2D eigenvalue weighted by Crippen LogP contribution is 2.24. The van der Waals surface area contributed by atoms with Gasteiger partial charge in [0.05, 0.1) is 12.2 Å². The minimum atomic E-state index is -0.463. The number of rotatable bonds is 2. The van der Waals surface area contributed by atoms with E-state index in [4.69, 9.17) is 4.74 Å². The molecule has 6 heteroatoms. The van der Waals surface area contributed by atoms with Gasteiger partial charge in [-0.2, -0.15) is 0 Å². The number of likely N-dealkylation sites (N-methyl/N-ethyl adjacent to an activating group) is 1. The molecule has 0 saturated carbocycles. The number of amides is 1. The van der Waals surface area contributed by atoms with Gasteiger partial charge in [0.15, 0.2) is 0 Å². The van der Waals surface area contributed by atoms with E-state index in [1.165, 1.54) is 4.88 Å². The average Bonchev–Trinajstić information content (AvgIpc) is 2.66. The van der Waals surface area contributed by atoms with Crippen LogP contribution in [0.3, 0.4) is 0 Å². The highest BCUT2D eigenvalue weighted by Gasteiger charge is 2.19. The summed E-state index contributed by atoms with van der Waals surface area (Å²) in [6.07, 6.45) is 0.661. The fourth-order valence-electron chi connectivity index (χ4n) is 1.92. The highest BCUT2D eigenvalue weighted by molar-refractivity contribution is 7.11. The Kier molecular flexibility index (Phi) is 4.10. The molecule has 0 unspecified atom stereocenters. The van der Waals surface area contributed by atoms with E-state index in [0.717, 1.165) is 30.2 Å². The van der Waals surface area contributed by atoms with E-state index in [0.29, 0.717) is 6.54 Å². The van der Waals surface area contributed by atoms with Crippen LogP contribution >= 0.6 is 11.3 Å². The van der Waals surface area contributed by atoms with Gasteiger partial charge in [0.25, 0.3) is 0 Å². The molecule has 0 aromatic carbocycles. The van der Waals surface area contributed by atoms with Gasteiger partial charge in [-0.15, -0.1) is 11.3 Å². The molecule has 0 spiro atoms. The Hall–Kier alpha value is -1.14. The molecule has 0 fully saturated rings. The van der Waals surface area contributed by atoms with Gasteiger partial charge in [0, 0.05) is 18.0 Å². The molecule has 1 aliphatic rings. The fourth-order valence-corrected chi connectivity index (χ4v) is 2.93. The van der Waals surface area contributed by atoms with Crippen molar-refractivity contribution in [1.29, 1.82) is 0 Å². The lowest BCUT2D eigenvalue weighted by atomic mass is 10.2. The van der Waals surface area contributed by atoms with E-state index in [-0.39, 0.29) is 0 Å². The quantitative estimate of drug-likeness (QED) is 0.903. The molecule has 1 amide bonds. The molecular formula is C13H21N3O2S. The van der Waals surface area contributed by atoms with Crippen LogP contribution < -0.4 is 5.32 Å². The van der Waals surface area contributed by atoms with Crippen LogP contribution in [-0.2, 0) is 24.2 Å². The molecule has 0 bridgehead atoms. The first kappa shape index (κ1) is 14.3. The maximum absolute atomic E-state index is 11.6. The summed E-state index contributed by atoms with van der Waals surface area (Å²) in [6, 6.07) is 0. The summed E-state index contributed by atoms with van der Waals surface area (Å²) in [5, 5.41) is 3.70. The Balaban J connectivity index is 1.89. The van der Waals surface area contributed by atoms with Crippen LogP contribution in [0.4, 0.5) is 4.79 Å². The van der Waals surface area contributed by atoms with Crippen molar-refractivity contribution in [2.24, 2.45) is 0 Å². The predicted octanol–water partition coefficient (Wildman–Crippen LogP) is 2.16. The van der Waals surface area contributed by atoms with Crippen LogP contribution in [0, 0.1) is 0 Å². The molecule has 106 valence electrons. The van der Waals surface area contributed by atoms with Gasteiger partial charge >= 0.3 is 6.09 Å². The van der Waals surface area contributed by atoms with E-state index in [1.54, 1.807) is 11.3 Å². The lowest BCUT2D eigenvalue weighted by Crippen LogP contribution is -2.32. The highest BCUT2D eigenvalue weighted by atomic mass is 32.1. The molecule has 19 heavy (non-hydrogen) atoms. The van der Waals surface area contributed by atoms with Crippen molar-refractivity contribution in [3.05, 3.63) is 15.6 Å². The minimum absolute atomic E-state index is 0.391. The monoisotopic (exact) mass is 283 g/mol. The minimum Gasteiger partial charge on any atom is -0.444 e. The smallest absolute Gasteiger partial charge is 0.408 e. The summed E-state index contributed by atoms with van der Waals surface area (Å²) < 4.78 is 5.20. The Labute approximate surface area is 118 Å². The van der Waals surface area contributed by atoms with Crippen LogP contribution in [0.15, 0.2) is 0 Å². The molecular weight excluding hydrogens is 262 g/mol. The molecule has 1 aliphatic heterocycles. The number of thiazole rings is 1. The third-order valence-electron chi connectivity index (χ3n) is 2.75. The zero-order chi connectivity index (χ0) is 14.0. The molecule has 0 saturated heterocycles. The standard InChI is InChI=1S/C13H21N3O2S/c1-13(2,3)18-12(17)14-7-11-15-9-8-16(4)6-5-10(9)19-11/h5-8H2,1-4H3,(H,14,17). The summed E-state index contributed by atoms with van der Waals surface area (Å²) in [5.74, 6) is 0. The van der Waals surface area contributed by atoms with E-state index in [9.17, 15) is 4.79 Å². The molecule has 0 aliphatic carbocycles. The van der Waals surface area contributed by atoms with Crippen molar-refractivity contribution in [1.82, 2.24) is 15.2 Å². The second kappa shape index (κ2) is 5.46. The van der Waals surface area contributed by atoms with Crippen LogP contribution in [0.5, 0.6) is 0 Å². The Morgan fingerprint density at radius 2 is 2.26 bits per heavy atom. The van der Waals surface area contributed by atoms with Gasteiger partial charge in [-0.1, -0.05) is 0 Å². The van der Waals surface area contributed by atoms with Crippen molar-refractivity contribution in [3.8, 4) is 0 Å². The number of alkyl carbamates (subject to hydrolysis) is 1. The van der Waals surface area contributed by atoms with Crippen LogP contribution in [0.25, 0.3) is 0 Å². The van der Waals surface area contributed by atoms with Gasteiger partial charge in [0.1, 0.15) is 10.6 Å². The second-order valence-corrected chi connectivity index (χ2v) is 6.99. The Morgan fingerprint density at radius 1 is 1.53 bits per heavy atom. The lowest BCUT2D eigenvalue weighted by Gasteiger charge is -2.20. The number of hydrogen-bond acceptors (Lipinski definition) is 5. The number of fused-ring (bicyclic) bond motifs is 1. The third kappa shape index (κ3) is 4.18. The summed E-state index contributed by atoms with van der Waals surface area (Å²) >= 11 is 1.69. The first-order valence-electron chi connectivity index (χ1n) is 6.46. The van der Waals surface area contributed by atoms with Gasteiger partial charge in [-0.05, 0) is 34.2 Å². The van der Waals surface area contributed by atoms with Crippen LogP contribution in [0.1, 0.15) is 36.3 Å². The number of carbonyl (C=O) groups excluding carboxylic acids is 1. The first-order valence-corrected chi connectivity index (χ1v) is 7.28. The molecule has 5 nitrogen and oxygen atoms in total. The van der Waals surface area contributed by atoms with Crippen molar-refractivity contribution >= 4 is 17.4 Å². The van der Waals surface area contributed by atoms with Crippen LogP contribution in [0.2, 0.25) is 0 Å². The van der Waals surface area contributed by atoms with E-state index in [2.05, 4.69) is 22.2 Å². The predicted molar refractivity (Wildman–Crippen MR) is 75.2 cm³/mol. The number of carbonyl (C=O) groups is 1. The maximum Gasteiger partial charge on any atom is 0.408 e. The number of aromatic nitrogens is 1. The molecule has 1 N–H and O–H groups in total. The fraction of sp³-hybridized carbons (Fsp3) is 0.692. The summed E-state index contributed by atoms with van der Waals surface area (Å²) in [7, 11) is 2.10. The zero-order valence-corrected chi connectivity index (χ0v) is 12.8. The van der Waals surface area contributed by atoms with Gasteiger partial charge in [0.2, 0.25) is 0 Å². The zero-order valence-electron chi connectivity index (χ0n) is 11.9. The van der Waals surface area contributed by atoms with Crippen molar-refractivity contribution in [2.45, 2.75) is 45.9 Å². The Morgan fingerprint density at radius 3 is 2.95 bits per heavy atom. The normalized spacial score (nSPS) is 16.0. The molecule has 0 atom stereocenters. The number of hydrogen-bond donors (Lipinski definition) is 1. The van der Waals surface area contributed by atoms with E-state index in [1.807, 2.05) is 20.8 Å². The maximum atomic E-state index is 11.6. The van der Waals surface area contributed by atoms with Crippen molar-refractivity contribution in [3.63, 3.8) is 0 Å². The molecule has 1 aromatic rings. The van der Waals surface area contributed by atoms with Crippen molar-refractivity contribution < 1.29 is 9.53 Å². The largest absolute Gasteiger partial charge is 0.444 e. The van der Waals surface area contributed by atoms with Gasteiger partial charge in [-0.3, -0.25) is 0 Å². The Bertz CT molecular complexity index is 465. The van der Waals surface area contributed by atoms with Gasteiger partial charge < -0.3 is 15.0 Å². The first-order chi connectivity index (χ1) is 8.83.